The van der Waals surface area contributed by atoms with E-state index in [0.29, 0.717) is 16.1 Å². The summed E-state index contributed by atoms with van der Waals surface area (Å²) < 4.78 is 0. The maximum absolute atomic E-state index is 11.0. The van der Waals surface area contributed by atoms with E-state index in [2.05, 4.69) is 45.0 Å². The molecule has 3 rings (SSSR count). The van der Waals surface area contributed by atoms with Crippen molar-refractivity contribution < 1.29 is 4.92 Å². The van der Waals surface area contributed by atoms with Crippen LogP contribution in [0.3, 0.4) is 0 Å². The van der Waals surface area contributed by atoms with Crippen LogP contribution in [0.25, 0.3) is 22.9 Å². The second-order valence-electron chi connectivity index (χ2n) is 6.48. The Kier molecular flexibility index (Phi) is 5.67. The average Bonchev–Trinajstić information content (AvgIpc) is 3.10. The van der Waals surface area contributed by atoms with Crippen LogP contribution in [0.4, 0.5) is 5.69 Å². The van der Waals surface area contributed by atoms with Crippen LogP contribution in [0.1, 0.15) is 33.5 Å². The molecule has 0 spiro atoms. The Labute approximate surface area is 167 Å². The lowest BCUT2D eigenvalue weighted by Crippen LogP contribution is -1.90. The maximum atomic E-state index is 11.0. The number of hydrogen-bond acceptors (Lipinski definition) is 5. The first-order valence-electron chi connectivity index (χ1n) is 8.87. The van der Waals surface area contributed by atoms with Crippen molar-refractivity contribution in [3.63, 3.8) is 0 Å². The Bertz CT molecular complexity index is 1120. The number of allylic oxidation sites excluding steroid dienone is 1. The van der Waals surface area contributed by atoms with Crippen LogP contribution in [-0.4, -0.2) is 9.91 Å². The van der Waals surface area contributed by atoms with E-state index in [1.54, 1.807) is 18.2 Å². The zero-order chi connectivity index (χ0) is 20.3. The largest absolute Gasteiger partial charge is 0.270 e. The van der Waals surface area contributed by atoms with Crippen molar-refractivity contribution in [3.8, 4) is 17.3 Å². The number of nitriles is 1. The topological polar surface area (TPSA) is 79.8 Å². The number of aryl methyl sites for hydroxylation is 3. The minimum absolute atomic E-state index is 0.00426. The minimum atomic E-state index is -0.444. The fourth-order valence-corrected chi connectivity index (χ4v) is 4.01. The summed E-state index contributed by atoms with van der Waals surface area (Å²) in [6.45, 7) is 6.19. The lowest BCUT2D eigenvalue weighted by Gasteiger charge is -2.06. The van der Waals surface area contributed by atoms with Crippen LogP contribution < -0.4 is 0 Å². The first-order chi connectivity index (χ1) is 13.4. The van der Waals surface area contributed by atoms with Gasteiger partial charge >= 0.3 is 0 Å². The third-order valence-electron chi connectivity index (χ3n) is 4.40. The quantitative estimate of drug-likeness (QED) is 0.306. The molecule has 0 N–H and O–H groups in total. The van der Waals surface area contributed by atoms with Crippen LogP contribution in [-0.2, 0) is 6.42 Å². The van der Waals surface area contributed by atoms with Gasteiger partial charge in [-0.2, -0.15) is 5.26 Å². The second kappa shape index (κ2) is 8.15. The molecular weight excluding hydrogens is 370 g/mol. The Morgan fingerprint density at radius 3 is 2.71 bits per heavy atom. The molecule has 0 bridgehead atoms. The number of benzene rings is 2. The van der Waals surface area contributed by atoms with Gasteiger partial charge in [-0.25, -0.2) is 4.98 Å². The van der Waals surface area contributed by atoms with Crippen molar-refractivity contribution in [1.82, 2.24) is 4.98 Å². The van der Waals surface area contributed by atoms with E-state index in [4.69, 9.17) is 4.98 Å². The van der Waals surface area contributed by atoms with Crippen molar-refractivity contribution in [1.29, 1.82) is 5.26 Å². The fourth-order valence-electron chi connectivity index (χ4n) is 3.03. The van der Waals surface area contributed by atoms with Gasteiger partial charge in [0, 0.05) is 22.6 Å². The number of hydrogen-bond donors (Lipinski definition) is 0. The van der Waals surface area contributed by atoms with Crippen molar-refractivity contribution in [3.05, 3.63) is 79.2 Å². The fraction of sp³-hybridized carbons (Fsp3) is 0.182. The zero-order valence-electron chi connectivity index (χ0n) is 15.9. The van der Waals surface area contributed by atoms with E-state index in [1.807, 2.05) is 0 Å². The molecule has 0 fully saturated rings. The summed E-state index contributed by atoms with van der Waals surface area (Å²) in [4.78, 5) is 16.4. The molecule has 0 amide bonds. The average molecular weight is 389 g/mol. The molecule has 2 aromatic carbocycles. The maximum Gasteiger partial charge on any atom is 0.270 e. The smallest absolute Gasteiger partial charge is 0.258 e. The summed E-state index contributed by atoms with van der Waals surface area (Å²) in [6.07, 6.45) is 2.47. The van der Waals surface area contributed by atoms with E-state index < -0.39 is 4.92 Å². The number of thiazole rings is 1. The molecule has 0 saturated carbocycles. The molecule has 140 valence electrons. The van der Waals surface area contributed by atoms with Crippen molar-refractivity contribution in [2.24, 2.45) is 0 Å². The van der Waals surface area contributed by atoms with Gasteiger partial charge < -0.3 is 0 Å². The molecule has 0 unspecified atom stereocenters. The van der Waals surface area contributed by atoms with Gasteiger partial charge in [-0.15, -0.1) is 11.3 Å². The molecular formula is C22H19N3O2S. The van der Waals surface area contributed by atoms with E-state index in [0.717, 1.165) is 28.1 Å². The SMILES string of the molecule is CCc1sc(C(C#N)=Cc2cccc([N+](=O)[O-])c2)nc1-c1ccc(C)cc1C. The van der Waals surface area contributed by atoms with Crippen molar-refractivity contribution in [2.45, 2.75) is 27.2 Å². The number of non-ortho nitro benzene ring substituents is 1. The molecule has 28 heavy (non-hydrogen) atoms. The number of nitro benzene ring substituents is 1. The molecule has 0 radical (unpaired) electrons. The van der Waals surface area contributed by atoms with Crippen LogP contribution in [0, 0.1) is 35.3 Å². The summed E-state index contributed by atoms with van der Waals surface area (Å²) >= 11 is 1.49. The van der Waals surface area contributed by atoms with Crippen LogP contribution >= 0.6 is 11.3 Å². The summed E-state index contributed by atoms with van der Waals surface area (Å²) in [6, 6.07) is 14.7. The van der Waals surface area contributed by atoms with Crippen molar-refractivity contribution >= 4 is 28.7 Å². The predicted molar refractivity (Wildman–Crippen MR) is 113 cm³/mol. The molecule has 0 atom stereocenters. The first kappa shape index (κ1) is 19.5. The van der Waals surface area contributed by atoms with Crippen LogP contribution in [0.2, 0.25) is 0 Å². The Morgan fingerprint density at radius 2 is 2.07 bits per heavy atom. The second-order valence-corrected chi connectivity index (χ2v) is 7.57. The summed E-state index contributed by atoms with van der Waals surface area (Å²) in [5, 5.41) is 21.3. The normalized spacial score (nSPS) is 11.3. The van der Waals surface area contributed by atoms with Crippen LogP contribution in [0.5, 0.6) is 0 Å². The molecule has 1 heterocycles. The molecule has 0 aliphatic rings. The zero-order valence-corrected chi connectivity index (χ0v) is 16.7. The summed E-state index contributed by atoms with van der Waals surface area (Å²) in [7, 11) is 0. The van der Waals surface area contributed by atoms with Crippen LogP contribution in [0.15, 0.2) is 42.5 Å². The van der Waals surface area contributed by atoms with Gasteiger partial charge in [0.1, 0.15) is 11.1 Å². The third-order valence-corrected chi connectivity index (χ3v) is 5.63. The molecule has 6 heteroatoms. The molecule has 5 nitrogen and oxygen atoms in total. The number of nitrogens with zero attached hydrogens (tertiary/aromatic N) is 3. The number of rotatable bonds is 5. The van der Waals surface area contributed by atoms with E-state index in [9.17, 15) is 15.4 Å². The first-order valence-corrected chi connectivity index (χ1v) is 9.68. The van der Waals surface area contributed by atoms with Gasteiger partial charge in [-0.05, 0) is 37.5 Å². The van der Waals surface area contributed by atoms with Gasteiger partial charge in [0.05, 0.1) is 16.2 Å². The molecule has 0 aliphatic carbocycles. The lowest BCUT2D eigenvalue weighted by molar-refractivity contribution is -0.384. The van der Waals surface area contributed by atoms with E-state index >= 15 is 0 Å². The summed E-state index contributed by atoms with van der Waals surface area (Å²) in [5.74, 6) is 0. The lowest BCUT2D eigenvalue weighted by atomic mass is 10.0. The number of aromatic nitrogens is 1. The van der Waals surface area contributed by atoms with E-state index in [-0.39, 0.29) is 5.69 Å². The Morgan fingerprint density at radius 1 is 1.29 bits per heavy atom. The van der Waals surface area contributed by atoms with Gasteiger partial charge in [0.2, 0.25) is 0 Å². The monoisotopic (exact) mass is 389 g/mol. The Balaban J connectivity index is 2.07. The predicted octanol–water partition coefficient (Wildman–Crippen LogP) is 5.96. The highest BCUT2D eigenvalue weighted by molar-refractivity contribution is 7.13. The molecule has 3 aromatic rings. The standard InChI is InChI=1S/C22H19N3O2S/c1-4-20-21(19-9-8-14(2)10-15(19)3)24-22(28-20)17(13-23)11-16-6-5-7-18(12-16)25(26)27/h5-12H,4H2,1-3H3. The third kappa shape index (κ3) is 4.00. The van der Waals surface area contributed by atoms with E-state index in [1.165, 1.54) is 29.0 Å². The highest BCUT2D eigenvalue weighted by Crippen LogP contribution is 2.34. The summed E-state index contributed by atoms with van der Waals surface area (Å²) in [5.41, 5.74) is 5.31. The van der Waals surface area contributed by atoms with Gasteiger partial charge in [-0.1, -0.05) is 42.8 Å². The van der Waals surface area contributed by atoms with Crippen molar-refractivity contribution in [2.75, 3.05) is 0 Å². The minimum Gasteiger partial charge on any atom is -0.258 e. The molecule has 1 aromatic heterocycles. The van der Waals surface area contributed by atoms with Gasteiger partial charge in [0.15, 0.2) is 0 Å². The highest BCUT2D eigenvalue weighted by Gasteiger charge is 2.16. The number of nitro groups is 1. The van der Waals surface area contributed by atoms with Gasteiger partial charge in [-0.3, -0.25) is 10.1 Å². The molecule has 0 aliphatic heterocycles. The highest BCUT2D eigenvalue weighted by atomic mass is 32.1. The van der Waals surface area contributed by atoms with Gasteiger partial charge in [0.25, 0.3) is 5.69 Å². The Hall–Kier alpha value is -3.30. The molecule has 0 saturated heterocycles.